The number of nitrogen functional groups attached to an aromatic ring is 1. The average Bonchev–Trinajstić information content (AvgIpc) is 3.06. The van der Waals surface area contributed by atoms with E-state index in [1.807, 2.05) is 0 Å². The van der Waals surface area contributed by atoms with Gasteiger partial charge in [0.25, 0.3) is 5.91 Å². The summed E-state index contributed by atoms with van der Waals surface area (Å²) in [6.07, 6.45) is 1.44. The van der Waals surface area contributed by atoms with E-state index in [0.29, 0.717) is 5.56 Å². The molecule has 2 heterocycles. The zero-order chi connectivity index (χ0) is 16.6. The van der Waals surface area contributed by atoms with Crippen molar-refractivity contribution >= 4 is 29.0 Å². The van der Waals surface area contributed by atoms with Gasteiger partial charge in [0, 0.05) is 14.1 Å². The molecule has 10 nitrogen and oxygen atoms in total. The molecule has 3 N–H and O–H groups in total. The molecule has 3 rings (SSSR count). The van der Waals surface area contributed by atoms with Gasteiger partial charge in [-0.2, -0.15) is 5.10 Å². The maximum Gasteiger partial charge on any atom is 0.328 e. The van der Waals surface area contributed by atoms with E-state index in [1.54, 1.807) is 36.9 Å². The topological polar surface area (TPSA) is 133 Å². The largest absolute Gasteiger partial charge is 0.379 e. The van der Waals surface area contributed by atoms with Crippen LogP contribution in [0.3, 0.4) is 0 Å². The van der Waals surface area contributed by atoms with Crippen LogP contribution in [0.2, 0.25) is 0 Å². The number of carbonyl (C=O) groups excluding carboxylic acids is 1. The van der Waals surface area contributed by atoms with Crippen molar-refractivity contribution in [2.24, 2.45) is 19.2 Å². The van der Waals surface area contributed by atoms with Crippen LogP contribution in [0.4, 0.5) is 5.82 Å². The first kappa shape index (κ1) is 14.5. The highest BCUT2D eigenvalue weighted by Gasteiger charge is 2.14. The van der Waals surface area contributed by atoms with Gasteiger partial charge in [-0.05, 0) is 28.0 Å². The Morgan fingerprint density at radius 1 is 1.30 bits per heavy atom. The van der Waals surface area contributed by atoms with E-state index < -0.39 is 5.91 Å². The van der Waals surface area contributed by atoms with Crippen molar-refractivity contribution in [3.63, 3.8) is 0 Å². The molecular formula is C13H13N7O3. The van der Waals surface area contributed by atoms with Gasteiger partial charge in [-0.15, -0.1) is 0 Å². The summed E-state index contributed by atoms with van der Waals surface area (Å²) in [5.41, 5.74) is 9.70. The summed E-state index contributed by atoms with van der Waals surface area (Å²) in [7, 11) is 3.39. The number of aryl methyl sites for hydroxylation is 2. The molecule has 0 bridgehead atoms. The molecule has 0 aliphatic heterocycles. The van der Waals surface area contributed by atoms with Crippen LogP contribution in [-0.2, 0) is 14.1 Å². The molecule has 0 atom stereocenters. The first-order valence-electron chi connectivity index (χ1n) is 6.56. The Balaban J connectivity index is 1.82. The molecule has 0 aliphatic carbocycles. The highest BCUT2D eigenvalue weighted by atomic mass is 16.6. The van der Waals surface area contributed by atoms with E-state index >= 15 is 0 Å². The monoisotopic (exact) mass is 315 g/mol. The van der Waals surface area contributed by atoms with E-state index in [4.69, 9.17) is 5.73 Å². The highest BCUT2D eigenvalue weighted by Crippen LogP contribution is 2.12. The van der Waals surface area contributed by atoms with Gasteiger partial charge in [0.15, 0.2) is 0 Å². The molecule has 1 aromatic carbocycles. The first-order valence-corrected chi connectivity index (χ1v) is 6.56. The van der Waals surface area contributed by atoms with Crippen molar-refractivity contribution in [2.75, 3.05) is 5.73 Å². The predicted molar refractivity (Wildman–Crippen MR) is 81.9 cm³/mol. The number of hydrazone groups is 1. The summed E-state index contributed by atoms with van der Waals surface area (Å²) in [6, 6.07) is 5.38. The fraction of sp³-hybridized carbons (Fsp3) is 0.154. The molecular weight excluding hydrogens is 302 g/mol. The number of imidazole rings is 1. The zero-order valence-electron chi connectivity index (χ0n) is 12.3. The van der Waals surface area contributed by atoms with Crippen LogP contribution in [0.5, 0.6) is 0 Å². The molecule has 0 radical (unpaired) electrons. The van der Waals surface area contributed by atoms with E-state index in [9.17, 15) is 9.59 Å². The van der Waals surface area contributed by atoms with Crippen LogP contribution >= 0.6 is 0 Å². The third-order valence-electron chi connectivity index (χ3n) is 3.40. The molecule has 10 heteroatoms. The van der Waals surface area contributed by atoms with E-state index in [0.717, 1.165) is 11.0 Å². The van der Waals surface area contributed by atoms with Gasteiger partial charge in [-0.1, -0.05) is 6.07 Å². The van der Waals surface area contributed by atoms with Crippen LogP contribution in [0.25, 0.3) is 11.0 Å². The lowest BCUT2D eigenvalue weighted by Gasteiger charge is -1.98. The summed E-state index contributed by atoms with van der Waals surface area (Å²) in [4.78, 5) is 23.6. The van der Waals surface area contributed by atoms with Gasteiger partial charge in [-0.3, -0.25) is 13.9 Å². The lowest BCUT2D eigenvalue weighted by atomic mass is 10.2. The average molecular weight is 315 g/mol. The minimum absolute atomic E-state index is 0.113. The summed E-state index contributed by atoms with van der Waals surface area (Å²) in [5.74, 6) is -0.744. The van der Waals surface area contributed by atoms with Gasteiger partial charge in [-0.25, -0.2) is 14.8 Å². The maximum atomic E-state index is 11.9. The Kier molecular flexibility index (Phi) is 3.41. The molecule has 2 aromatic heterocycles. The number of aromatic nitrogens is 4. The quantitative estimate of drug-likeness (QED) is 0.499. The van der Waals surface area contributed by atoms with Crippen LogP contribution in [0, 0.1) is 0 Å². The molecule has 0 spiro atoms. The highest BCUT2D eigenvalue weighted by molar-refractivity contribution is 5.96. The predicted octanol–water partition coefficient (Wildman–Crippen LogP) is -0.394. The summed E-state index contributed by atoms with van der Waals surface area (Å²) in [6.45, 7) is 0. The molecule has 0 saturated carbocycles. The van der Waals surface area contributed by atoms with Crippen molar-refractivity contribution in [1.29, 1.82) is 0 Å². The Bertz CT molecular complexity index is 979. The molecule has 0 unspecified atom stereocenters. The smallest absolute Gasteiger partial charge is 0.328 e. The van der Waals surface area contributed by atoms with Crippen molar-refractivity contribution in [3.05, 3.63) is 39.9 Å². The molecule has 0 fully saturated rings. The number of anilines is 1. The second kappa shape index (κ2) is 5.40. The molecule has 23 heavy (non-hydrogen) atoms. The fourth-order valence-corrected chi connectivity index (χ4v) is 2.18. The van der Waals surface area contributed by atoms with Crippen LogP contribution in [0.1, 0.15) is 16.1 Å². The van der Waals surface area contributed by atoms with Crippen LogP contribution in [-0.4, -0.2) is 31.6 Å². The molecule has 118 valence electrons. The number of carbonyl (C=O) groups is 1. The number of rotatable bonds is 3. The van der Waals surface area contributed by atoms with Gasteiger partial charge >= 0.3 is 5.69 Å². The Morgan fingerprint density at radius 2 is 2.04 bits per heavy atom. The van der Waals surface area contributed by atoms with E-state index in [2.05, 4.69) is 25.5 Å². The maximum absolute atomic E-state index is 11.9. The first-order chi connectivity index (χ1) is 11.0. The van der Waals surface area contributed by atoms with Gasteiger partial charge in [0.05, 0.1) is 17.2 Å². The summed E-state index contributed by atoms with van der Waals surface area (Å²) < 4.78 is 7.42. The standard InChI is InChI=1S/C13H13N7O3/c1-19-8-4-3-7(5-9(8)20(2)13(19)22)6-15-16-12(21)10-11(14)18-23-17-10/h3-6H,1-2H3,(H2,14,18)(H,16,21)/b15-6-. The third-order valence-corrected chi connectivity index (χ3v) is 3.40. The van der Waals surface area contributed by atoms with Gasteiger partial charge in [0.2, 0.25) is 11.5 Å². The molecule has 0 saturated heterocycles. The van der Waals surface area contributed by atoms with Crippen molar-refractivity contribution in [3.8, 4) is 0 Å². The third kappa shape index (κ3) is 2.46. The summed E-state index contributed by atoms with van der Waals surface area (Å²) >= 11 is 0. The number of hydrogen-bond donors (Lipinski definition) is 2. The van der Waals surface area contributed by atoms with Crippen molar-refractivity contribution in [2.45, 2.75) is 0 Å². The second-order valence-corrected chi connectivity index (χ2v) is 4.85. The van der Waals surface area contributed by atoms with Gasteiger partial charge < -0.3 is 5.73 Å². The van der Waals surface area contributed by atoms with Crippen LogP contribution < -0.4 is 16.8 Å². The summed E-state index contributed by atoms with van der Waals surface area (Å²) in [5, 5.41) is 10.5. The Morgan fingerprint density at radius 3 is 2.74 bits per heavy atom. The Hall–Kier alpha value is -3.43. The number of amides is 1. The molecule has 3 aromatic rings. The van der Waals surface area contributed by atoms with E-state index in [-0.39, 0.29) is 17.2 Å². The minimum Gasteiger partial charge on any atom is -0.379 e. The number of fused-ring (bicyclic) bond motifs is 1. The molecule has 0 aliphatic rings. The van der Waals surface area contributed by atoms with Crippen LogP contribution in [0.15, 0.2) is 32.7 Å². The number of benzene rings is 1. The number of nitrogens with two attached hydrogens (primary N) is 1. The van der Waals surface area contributed by atoms with Gasteiger partial charge in [0.1, 0.15) is 0 Å². The number of nitrogens with zero attached hydrogens (tertiary/aromatic N) is 5. The Labute approximate surface area is 129 Å². The fourth-order valence-electron chi connectivity index (χ4n) is 2.18. The SMILES string of the molecule is Cn1c(=O)n(C)c2cc(/C=N\NC(=O)c3nonc3N)ccc21. The second-order valence-electron chi connectivity index (χ2n) is 4.85. The lowest BCUT2D eigenvalue weighted by Crippen LogP contribution is -2.19. The number of nitrogens with one attached hydrogen (secondary N) is 1. The number of hydrogen-bond acceptors (Lipinski definition) is 7. The molecule has 1 amide bonds. The van der Waals surface area contributed by atoms with Crippen molar-refractivity contribution < 1.29 is 9.42 Å². The lowest BCUT2D eigenvalue weighted by molar-refractivity contribution is 0.0946. The van der Waals surface area contributed by atoms with Crippen molar-refractivity contribution in [1.82, 2.24) is 24.9 Å². The van der Waals surface area contributed by atoms with E-state index in [1.165, 1.54) is 10.8 Å². The minimum atomic E-state index is -0.631. The zero-order valence-corrected chi connectivity index (χ0v) is 12.3. The normalized spacial score (nSPS) is 11.4.